The molecule has 146 valence electrons. The van der Waals surface area contributed by atoms with E-state index in [0.29, 0.717) is 11.3 Å². The van der Waals surface area contributed by atoms with Gasteiger partial charge in [0.25, 0.3) is 0 Å². The second kappa shape index (κ2) is 8.66. The standard InChI is InChI=1S/C19H24FN3O4/c1-5-26-17(24)16-12-15(13-7-6-8-14(20)11-13)22-23(16)10-9-21-18(25)27-19(2,3)4/h6-8,11-12H,5,9-10H2,1-4H3,(H,21,25). The van der Waals surface area contributed by atoms with E-state index in [2.05, 4.69) is 10.4 Å². The first-order valence-corrected chi connectivity index (χ1v) is 8.67. The summed E-state index contributed by atoms with van der Waals surface area (Å²) in [5.41, 5.74) is 0.604. The van der Waals surface area contributed by atoms with Crippen LogP contribution in [0.15, 0.2) is 30.3 Å². The zero-order chi connectivity index (χ0) is 20.0. The summed E-state index contributed by atoms with van der Waals surface area (Å²) in [6.45, 7) is 7.65. The number of carbonyl (C=O) groups is 2. The second-order valence-corrected chi connectivity index (χ2v) is 6.80. The van der Waals surface area contributed by atoms with Crippen molar-refractivity contribution in [3.8, 4) is 11.3 Å². The summed E-state index contributed by atoms with van der Waals surface area (Å²) in [6.07, 6.45) is -0.558. The normalized spacial score (nSPS) is 11.1. The summed E-state index contributed by atoms with van der Waals surface area (Å²) < 4.78 is 25.1. The maximum absolute atomic E-state index is 13.5. The summed E-state index contributed by atoms with van der Waals surface area (Å²) in [4.78, 5) is 23.9. The topological polar surface area (TPSA) is 82.5 Å². The predicted octanol–water partition coefficient (Wildman–Crippen LogP) is 3.39. The first kappa shape index (κ1) is 20.4. The lowest BCUT2D eigenvalue weighted by atomic mass is 10.1. The summed E-state index contributed by atoms with van der Waals surface area (Å²) in [5.74, 6) is -0.934. The highest BCUT2D eigenvalue weighted by Gasteiger charge is 2.19. The third-order valence-electron chi connectivity index (χ3n) is 3.38. The fourth-order valence-electron chi connectivity index (χ4n) is 2.32. The highest BCUT2D eigenvalue weighted by atomic mass is 19.1. The molecule has 0 saturated heterocycles. The van der Waals surface area contributed by atoms with Gasteiger partial charge in [0.1, 0.15) is 17.1 Å². The fraction of sp³-hybridized carbons (Fsp3) is 0.421. The lowest BCUT2D eigenvalue weighted by molar-refractivity contribution is 0.0512. The molecule has 1 N–H and O–H groups in total. The Hall–Kier alpha value is -2.90. The molecule has 0 atom stereocenters. The molecular weight excluding hydrogens is 353 g/mol. The number of esters is 1. The molecule has 7 nitrogen and oxygen atoms in total. The van der Waals surface area contributed by atoms with Crippen LogP contribution in [0.5, 0.6) is 0 Å². The van der Waals surface area contributed by atoms with Crippen molar-refractivity contribution in [1.82, 2.24) is 15.1 Å². The van der Waals surface area contributed by atoms with Crippen LogP contribution in [0.4, 0.5) is 9.18 Å². The van der Waals surface area contributed by atoms with Crippen molar-refractivity contribution in [1.29, 1.82) is 0 Å². The molecule has 0 aliphatic heterocycles. The largest absolute Gasteiger partial charge is 0.461 e. The van der Waals surface area contributed by atoms with Crippen LogP contribution in [0, 0.1) is 5.82 Å². The van der Waals surface area contributed by atoms with Crippen LogP contribution < -0.4 is 5.32 Å². The van der Waals surface area contributed by atoms with Gasteiger partial charge in [0, 0.05) is 12.1 Å². The molecule has 0 aliphatic rings. The molecule has 1 aromatic heterocycles. The molecule has 1 amide bonds. The minimum Gasteiger partial charge on any atom is -0.461 e. The van der Waals surface area contributed by atoms with E-state index in [1.807, 2.05) is 0 Å². The van der Waals surface area contributed by atoms with Crippen LogP contribution in [-0.2, 0) is 16.0 Å². The quantitative estimate of drug-likeness (QED) is 0.781. The smallest absolute Gasteiger partial charge is 0.407 e. The monoisotopic (exact) mass is 377 g/mol. The number of benzene rings is 1. The Labute approximate surface area is 157 Å². The van der Waals surface area contributed by atoms with E-state index in [9.17, 15) is 14.0 Å². The molecule has 0 saturated carbocycles. The van der Waals surface area contributed by atoms with Crippen molar-refractivity contribution in [2.45, 2.75) is 39.8 Å². The van der Waals surface area contributed by atoms with Gasteiger partial charge in [-0.05, 0) is 45.9 Å². The number of aromatic nitrogens is 2. The van der Waals surface area contributed by atoms with Crippen LogP contribution >= 0.6 is 0 Å². The number of nitrogens with zero attached hydrogens (tertiary/aromatic N) is 2. The Morgan fingerprint density at radius 2 is 2.00 bits per heavy atom. The molecule has 0 radical (unpaired) electrons. The third-order valence-corrected chi connectivity index (χ3v) is 3.38. The van der Waals surface area contributed by atoms with Crippen molar-refractivity contribution >= 4 is 12.1 Å². The van der Waals surface area contributed by atoms with Gasteiger partial charge in [0.05, 0.1) is 18.8 Å². The Morgan fingerprint density at radius 3 is 2.63 bits per heavy atom. The minimum absolute atomic E-state index is 0.200. The van der Waals surface area contributed by atoms with E-state index >= 15 is 0 Å². The fourth-order valence-corrected chi connectivity index (χ4v) is 2.32. The van der Waals surface area contributed by atoms with Gasteiger partial charge in [-0.15, -0.1) is 0 Å². The van der Waals surface area contributed by atoms with Crippen LogP contribution in [0.2, 0.25) is 0 Å². The molecule has 8 heteroatoms. The van der Waals surface area contributed by atoms with E-state index in [0.717, 1.165) is 0 Å². The maximum Gasteiger partial charge on any atom is 0.407 e. The van der Waals surface area contributed by atoms with Gasteiger partial charge in [-0.3, -0.25) is 4.68 Å². The van der Waals surface area contributed by atoms with Gasteiger partial charge in [0.15, 0.2) is 0 Å². The average Bonchev–Trinajstić information content (AvgIpc) is 2.98. The molecule has 0 fully saturated rings. The van der Waals surface area contributed by atoms with Gasteiger partial charge in [-0.2, -0.15) is 5.10 Å². The second-order valence-electron chi connectivity index (χ2n) is 6.80. The number of hydrogen-bond donors (Lipinski definition) is 1. The highest BCUT2D eigenvalue weighted by Crippen LogP contribution is 2.20. The van der Waals surface area contributed by atoms with E-state index in [4.69, 9.17) is 9.47 Å². The molecule has 27 heavy (non-hydrogen) atoms. The van der Waals surface area contributed by atoms with E-state index in [-0.39, 0.29) is 25.4 Å². The molecule has 0 spiro atoms. The number of ether oxygens (including phenoxy) is 2. The minimum atomic E-state index is -0.601. The summed E-state index contributed by atoms with van der Waals surface area (Å²) in [5, 5.41) is 6.96. The lowest BCUT2D eigenvalue weighted by Gasteiger charge is -2.19. The molecule has 1 aromatic carbocycles. The number of carbonyl (C=O) groups excluding carboxylic acids is 2. The van der Waals surface area contributed by atoms with Gasteiger partial charge in [-0.25, -0.2) is 14.0 Å². The number of alkyl carbamates (subject to hydrolysis) is 1. The molecular formula is C19H24FN3O4. The average molecular weight is 377 g/mol. The molecule has 2 aromatic rings. The predicted molar refractivity (Wildman–Crippen MR) is 97.8 cm³/mol. The van der Waals surface area contributed by atoms with Crippen molar-refractivity contribution in [3.63, 3.8) is 0 Å². The Morgan fingerprint density at radius 1 is 1.26 bits per heavy atom. The van der Waals surface area contributed by atoms with Crippen molar-refractivity contribution in [2.75, 3.05) is 13.2 Å². The van der Waals surface area contributed by atoms with Crippen LogP contribution in [0.3, 0.4) is 0 Å². The molecule has 0 aliphatic carbocycles. The van der Waals surface area contributed by atoms with Crippen LogP contribution in [0.25, 0.3) is 11.3 Å². The first-order chi connectivity index (χ1) is 12.7. The third kappa shape index (κ3) is 6.09. The highest BCUT2D eigenvalue weighted by molar-refractivity contribution is 5.89. The van der Waals surface area contributed by atoms with Gasteiger partial charge >= 0.3 is 12.1 Å². The number of halogens is 1. The Kier molecular flexibility index (Phi) is 6.55. The zero-order valence-corrected chi connectivity index (χ0v) is 15.9. The van der Waals surface area contributed by atoms with Gasteiger partial charge in [-0.1, -0.05) is 12.1 Å². The molecule has 2 rings (SSSR count). The molecule has 0 bridgehead atoms. The number of amides is 1. The van der Waals surface area contributed by atoms with Crippen molar-refractivity contribution < 1.29 is 23.5 Å². The lowest BCUT2D eigenvalue weighted by Crippen LogP contribution is -2.34. The number of hydrogen-bond acceptors (Lipinski definition) is 5. The van der Waals surface area contributed by atoms with E-state index in [1.54, 1.807) is 45.9 Å². The number of rotatable bonds is 6. The SMILES string of the molecule is CCOC(=O)c1cc(-c2cccc(F)c2)nn1CCNC(=O)OC(C)(C)C. The van der Waals surface area contributed by atoms with Gasteiger partial charge in [0.2, 0.25) is 0 Å². The van der Waals surface area contributed by atoms with Crippen molar-refractivity contribution in [3.05, 3.63) is 41.8 Å². The van der Waals surface area contributed by atoms with E-state index < -0.39 is 23.5 Å². The maximum atomic E-state index is 13.5. The first-order valence-electron chi connectivity index (χ1n) is 8.67. The number of nitrogens with one attached hydrogen (secondary N) is 1. The summed E-state index contributed by atoms with van der Waals surface area (Å²) >= 11 is 0. The molecule has 0 unspecified atom stereocenters. The summed E-state index contributed by atoms with van der Waals surface area (Å²) in [7, 11) is 0. The molecule has 1 heterocycles. The summed E-state index contributed by atoms with van der Waals surface area (Å²) in [6, 6.07) is 7.47. The Bertz CT molecular complexity index is 812. The van der Waals surface area contributed by atoms with Crippen molar-refractivity contribution in [2.24, 2.45) is 0 Å². The van der Waals surface area contributed by atoms with Crippen LogP contribution in [0.1, 0.15) is 38.2 Å². The van der Waals surface area contributed by atoms with Gasteiger partial charge < -0.3 is 14.8 Å². The Balaban J connectivity index is 2.16. The van der Waals surface area contributed by atoms with E-state index in [1.165, 1.54) is 16.8 Å². The van der Waals surface area contributed by atoms with Crippen LogP contribution in [-0.4, -0.2) is 40.6 Å². The zero-order valence-electron chi connectivity index (χ0n) is 15.9.